The molecule has 0 aliphatic carbocycles. The Morgan fingerprint density at radius 3 is 2.45 bits per heavy atom. The van der Waals surface area contributed by atoms with Crippen molar-refractivity contribution in [3.8, 4) is 0 Å². The minimum absolute atomic E-state index is 0.188. The van der Waals surface area contributed by atoms with E-state index in [-0.39, 0.29) is 11.9 Å². The average Bonchev–Trinajstić information content (AvgIpc) is 2.47. The highest BCUT2D eigenvalue weighted by Gasteiger charge is 2.08. The van der Waals surface area contributed by atoms with Crippen LogP contribution in [-0.2, 0) is 6.42 Å². The number of hydrogen-bond acceptors (Lipinski definition) is 1. The Balaban J connectivity index is 1.85. The van der Waals surface area contributed by atoms with Crippen LogP contribution in [0.5, 0.6) is 0 Å². The highest BCUT2D eigenvalue weighted by molar-refractivity contribution is 5.83. The lowest BCUT2D eigenvalue weighted by Crippen LogP contribution is -2.13. The second-order valence-corrected chi connectivity index (χ2v) is 5.05. The van der Waals surface area contributed by atoms with E-state index in [0.717, 1.165) is 5.56 Å². The summed E-state index contributed by atoms with van der Waals surface area (Å²) in [5.74, 6) is -0.239. The molecule has 3 aromatic rings. The largest absolute Gasteiger partial charge is 0.324 e. The molecule has 1 atom stereocenters. The Morgan fingerprint density at radius 1 is 0.850 bits per heavy atom. The molecule has 2 heteroatoms. The number of rotatable bonds is 3. The normalized spacial score (nSPS) is 12.5. The van der Waals surface area contributed by atoms with Gasteiger partial charge in [-0.05, 0) is 40.5 Å². The van der Waals surface area contributed by atoms with Gasteiger partial charge in [0.25, 0.3) is 0 Å². The van der Waals surface area contributed by atoms with Gasteiger partial charge >= 0.3 is 0 Å². The molecule has 0 amide bonds. The van der Waals surface area contributed by atoms with Crippen LogP contribution in [0.2, 0.25) is 0 Å². The zero-order chi connectivity index (χ0) is 13.9. The first kappa shape index (κ1) is 12.8. The molecule has 0 radical (unpaired) electrons. The Kier molecular flexibility index (Phi) is 3.48. The van der Waals surface area contributed by atoms with E-state index >= 15 is 0 Å². The lowest BCUT2D eigenvalue weighted by Gasteiger charge is -2.13. The molecule has 0 saturated carbocycles. The van der Waals surface area contributed by atoms with E-state index in [2.05, 4.69) is 30.3 Å². The summed E-state index contributed by atoms with van der Waals surface area (Å²) in [5.41, 5.74) is 8.17. The molecule has 0 fully saturated rings. The number of fused-ring (bicyclic) bond motifs is 1. The van der Waals surface area contributed by atoms with Gasteiger partial charge in [0.2, 0.25) is 0 Å². The second kappa shape index (κ2) is 5.43. The maximum atomic E-state index is 13.2. The molecule has 100 valence electrons. The fraction of sp³-hybridized carbons (Fsp3) is 0.111. The molecular formula is C18H16FN. The highest BCUT2D eigenvalue weighted by Crippen LogP contribution is 2.21. The number of halogens is 1. The first-order valence-corrected chi connectivity index (χ1v) is 6.71. The van der Waals surface area contributed by atoms with Crippen molar-refractivity contribution in [2.24, 2.45) is 5.73 Å². The minimum Gasteiger partial charge on any atom is -0.324 e. The van der Waals surface area contributed by atoms with E-state index in [9.17, 15) is 4.39 Å². The third-order valence-electron chi connectivity index (χ3n) is 3.55. The van der Waals surface area contributed by atoms with Crippen LogP contribution in [0.3, 0.4) is 0 Å². The average molecular weight is 265 g/mol. The van der Waals surface area contributed by atoms with Crippen LogP contribution in [0, 0.1) is 5.82 Å². The fourth-order valence-electron chi connectivity index (χ4n) is 2.47. The Labute approximate surface area is 117 Å². The Hall–Kier alpha value is -2.19. The van der Waals surface area contributed by atoms with Crippen LogP contribution >= 0.6 is 0 Å². The maximum absolute atomic E-state index is 13.2. The van der Waals surface area contributed by atoms with E-state index in [0.29, 0.717) is 6.42 Å². The van der Waals surface area contributed by atoms with Crippen LogP contribution in [0.1, 0.15) is 17.2 Å². The Morgan fingerprint density at radius 2 is 1.65 bits per heavy atom. The summed E-state index contributed by atoms with van der Waals surface area (Å²) in [7, 11) is 0. The van der Waals surface area contributed by atoms with Crippen LogP contribution in [0.25, 0.3) is 10.8 Å². The van der Waals surface area contributed by atoms with Crippen molar-refractivity contribution in [3.05, 3.63) is 83.7 Å². The summed E-state index contributed by atoms with van der Waals surface area (Å²) in [6.45, 7) is 0. The predicted molar refractivity (Wildman–Crippen MR) is 81.0 cm³/mol. The van der Waals surface area contributed by atoms with Crippen LogP contribution < -0.4 is 5.73 Å². The molecule has 0 heterocycles. The lowest BCUT2D eigenvalue weighted by atomic mass is 9.97. The van der Waals surface area contributed by atoms with Crippen molar-refractivity contribution in [2.75, 3.05) is 0 Å². The molecule has 0 spiro atoms. The van der Waals surface area contributed by atoms with Gasteiger partial charge in [-0.25, -0.2) is 4.39 Å². The zero-order valence-corrected chi connectivity index (χ0v) is 11.1. The number of nitrogens with two attached hydrogens (primary N) is 1. The molecule has 20 heavy (non-hydrogen) atoms. The van der Waals surface area contributed by atoms with Crippen molar-refractivity contribution < 1.29 is 4.39 Å². The quantitative estimate of drug-likeness (QED) is 0.753. The molecular weight excluding hydrogens is 249 g/mol. The van der Waals surface area contributed by atoms with E-state index < -0.39 is 0 Å². The molecule has 0 aliphatic heterocycles. The summed E-state index contributed by atoms with van der Waals surface area (Å²) in [6.07, 6.45) is 0.703. The standard InChI is InChI=1S/C18H16FN/c19-17-7-3-6-16(12-17)18(20)11-13-8-9-14-4-1-2-5-15(14)10-13/h1-10,12,18H,11,20H2. The SMILES string of the molecule is NC(Cc1ccc2ccccc2c1)c1cccc(F)c1. The second-order valence-electron chi connectivity index (χ2n) is 5.05. The molecule has 0 bridgehead atoms. The van der Waals surface area contributed by atoms with Crippen LogP contribution in [-0.4, -0.2) is 0 Å². The first-order chi connectivity index (χ1) is 9.72. The third-order valence-corrected chi connectivity index (χ3v) is 3.55. The molecule has 1 nitrogen and oxygen atoms in total. The van der Waals surface area contributed by atoms with Crippen molar-refractivity contribution in [1.29, 1.82) is 0 Å². The topological polar surface area (TPSA) is 26.0 Å². The van der Waals surface area contributed by atoms with Gasteiger partial charge in [-0.2, -0.15) is 0 Å². The summed E-state index contributed by atoms with van der Waals surface area (Å²) < 4.78 is 13.2. The number of benzene rings is 3. The monoisotopic (exact) mass is 265 g/mol. The van der Waals surface area contributed by atoms with Crippen LogP contribution in [0.4, 0.5) is 4.39 Å². The third kappa shape index (κ3) is 2.70. The van der Waals surface area contributed by atoms with Crippen molar-refractivity contribution in [3.63, 3.8) is 0 Å². The van der Waals surface area contributed by atoms with Gasteiger partial charge in [-0.3, -0.25) is 0 Å². The van der Waals surface area contributed by atoms with Crippen molar-refractivity contribution >= 4 is 10.8 Å². The smallest absolute Gasteiger partial charge is 0.123 e. The van der Waals surface area contributed by atoms with Gasteiger partial charge in [-0.1, -0.05) is 54.6 Å². The molecule has 3 aromatic carbocycles. The van der Waals surface area contributed by atoms with E-state index in [1.807, 2.05) is 18.2 Å². The van der Waals surface area contributed by atoms with E-state index in [1.165, 1.54) is 28.5 Å². The summed E-state index contributed by atoms with van der Waals surface area (Å²) >= 11 is 0. The molecule has 1 unspecified atom stereocenters. The van der Waals surface area contributed by atoms with E-state index in [1.54, 1.807) is 6.07 Å². The molecule has 3 rings (SSSR count). The van der Waals surface area contributed by atoms with E-state index in [4.69, 9.17) is 5.73 Å². The first-order valence-electron chi connectivity index (χ1n) is 6.71. The Bertz CT molecular complexity index is 736. The summed E-state index contributed by atoms with van der Waals surface area (Å²) in [5, 5.41) is 2.42. The van der Waals surface area contributed by atoms with Gasteiger partial charge in [0.15, 0.2) is 0 Å². The van der Waals surface area contributed by atoms with Crippen molar-refractivity contribution in [2.45, 2.75) is 12.5 Å². The predicted octanol–water partition coefficient (Wildman–Crippen LogP) is 4.22. The van der Waals surface area contributed by atoms with Gasteiger partial charge in [0, 0.05) is 6.04 Å². The number of hydrogen-bond donors (Lipinski definition) is 1. The van der Waals surface area contributed by atoms with Crippen LogP contribution in [0.15, 0.2) is 66.7 Å². The fourth-order valence-corrected chi connectivity index (χ4v) is 2.47. The molecule has 0 aliphatic rings. The van der Waals surface area contributed by atoms with Gasteiger partial charge < -0.3 is 5.73 Å². The van der Waals surface area contributed by atoms with Crippen molar-refractivity contribution in [1.82, 2.24) is 0 Å². The van der Waals surface area contributed by atoms with Gasteiger partial charge in [-0.15, -0.1) is 0 Å². The molecule has 2 N–H and O–H groups in total. The zero-order valence-electron chi connectivity index (χ0n) is 11.1. The summed E-state index contributed by atoms with van der Waals surface area (Å²) in [6, 6.07) is 20.9. The molecule has 0 saturated heterocycles. The van der Waals surface area contributed by atoms with Gasteiger partial charge in [0.05, 0.1) is 0 Å². The maximum Gasteiger partial charge on any atom is 0.123 e. The van der Waals surface area contributed by atoms with Gasteiger partial charge in [0.1, 0.15) is 5.82 Å². The molecule has 0 aromatic heterocycles. The lowest BCUT2D eigenvalue weighted by molar-refractivity contribution is 0.618. The highest BCUT2D eigenvalue weighted by atomic mass is 19.1. The summed E-state index contributed by atoms with van der Waals surface area (Å²) in [4.78, 5) is 0. The minimum atomic E-state index is -0.239.